The van der Waals surface area contributed by atoms with Crippen molar-refractivity contribution in [3.8, 4) is 0 Å². The van der Waals surface area contributed by atoms with E-state index in [1.54, 1.807) is 0 Å². The SMILES string of the molecule is CC(C)C1OC2(C)C(OCC3CO3)CC1CC2OCC1CO1. The Morgan fingerprint density at radius 1 is 1.00 bits per heavy atom. The van der Waals surface area contributed by atoms with Crippen LogP contribution in [0, 0.1) is 11.8 Å². The second-order valence-electron chi connectivity index (χ2n) is 7.80. The summed E-state index contributed by atoms with van der Waals surface area (Å²) in [5.74, 6) is 1.06. The molecule has 1 saturated carbocycles. The lowest BCUT2D eigenvalue weighted by atomic mass is 9.67. The van der Waals surface area contributed by atoms with Crippen molar-refractivity contribution in [3.63, 3.8) is 0 Å². The summed E-state index contributed by atoms with van der Waals surface area (Å²) < 4.78 is 29.4. The number of hydrogen-bond donors (Lipinski definition) is 0. The molecule has 5 unspecified atom stereocenters. The lowest BCUT2D eigenvalue weighted by Gasteiger charge is -2.58. The molecule has 0 radical (unpaired) electrons. The fraction of sp³-hybridized carbons (Fsp3) is 1.00. The molecule has 0 aromatic heterocycles. The van der Waals surface area contributed by atoms with Gasteiger partial charge in [-0.2, -0.15) is 0 Å². The van der Waals surface area contributed by atoms with Gasteiger partial charge in [0.05, 0.1) is 44.7 Å². The van der Waals surface area contributed by atoms with Crippen LogP contribution in [0.15, 0.2) is 0 Å². The van der Waals surface area contributed by atoms with Crippen LogP contribution in [-0.2, 0) is 23.7 Å². The van der Waals surface area contributed by atoms with Crippen molar-refractivity contribution in [1.29, 1.82) is 0 Å². The van der Waals surface area contributed by atoms with Crippen molar-refractivity contribution >= 4 is 0 Å². The van der Waals surface area contributed by atoms with Gasteiger partial charge in [0.1, 0.15) is 17.8 Å². The van der Waals surface area contributed by atoms with Crippen LogP contribution in [0.1, 0.15) is 33.6 Å². The van der Waals surface area contributed by atoms with Gasteiger partial charge in [-0.25, -0.2) is 0 Å². The van der Waals surface area contributed by atoms with Crippen LogP contribution < -0.4 is 0 Å². The monoisotopic (exact) mass is 312 g/mol. The van der Waals surface area contributed by atoms with Gasteiger partial charge in [0.25, 0.3) is 0 Å². The van der Waals surface area contributed by atoms with E-state index in [1.165, 1.54) is 0 Å². The predicted octanol–water partition coefficient (Wildman–Crippen LogP) is 1.78. The van der Waals surface area contributed by atoms with Gasteiger partial charge < -0.3 is 23.7 Å². The van der Waals surface area contributed by atoms with E-state index in [0.29, 0.717) is 43.4 Å². The van der Waals surface area contributed by atoms with Crippen molar-refractivity contribution in [1.82, 2.24) is 0 Å². The Hall–Kier alpha value is -0.200. The zero-order valence-electron chi connectivity index (χ0n) is 13.8. The summed E-state index contributed by atoms with van der Waals surface area (Å²) in [5, 5.41) is 0. The molecule has 5 atom stereocenters. The van der Waals surface area contributed by atoms with E-state index < -0.39 is 0 Å². The molecule has 126 valence electrons. The molecule has 0 aromatic rings. The standard InChI is InChI=1S/C17H28O5/c1-10(2)16-11-4-14(20-8-12-6-18-12)17(3,22-16)15(5-11)21-9-13-7-19-13/h10-16H,4-9H2,1-3H3. The summed E-state index contributed by atoms with van der Waals surface area (Å²) in [6.07, 6.45) is 3.27. The third kappa shape index (κ3) is 2.94. The molecule has 0 N–H and O–H groups in total. The van der Waals surface area contributed by atoms with Crippen LogP contribution in [0.3, 0.4) is 0 Å². The lowest BCUT2D eigenvalue weighted by Crippen LogP contribution is -2.67. The molecule has 5 heteroatoms. The van der Waals surface area contributed by atoms with Crippen molar-refractivity contribution < 1.29 is 23.7 Å². The number of rotatable bonds is 7. The molecule has 0 spiro atoms. The molecule has 1 aliphatic carbocycles. The summed E-state index contributed by atoms with van der Waals surface area (Å²) in [4.78, 5) is 0. The van der Waals surface area contributed by atoms with Gasteiger partial charge in [-0.3, -0.25) is 0 Å². The van der Waals surface area contributed by atoms with Gasteiger partial charge in [-0.1, -0.05) is 13.8 Å². The highest BCUT2D eigenvalue weighted by atomic mass is 16.6. The van der Waals surface area contributed by atoms with E-state index in [0.717, 1.165) is 26.1 Å². The molecule has 22 heavy (non-hydrogen) atoms. The highest BCUT2D eigenvalue weighted by Gasteiger charge is 2.58. The molecule has 4 aliphatic heterocycles. The topological polar surface area (TPSA) is 52.8 Å². The largest absolute Gasteiger partial charge is 0.372 e. The van der Waals surface area contributed by atoms with Gasteiger partial charge in [0.2, 0.25) is 0 Å². The van der Waals surface area contributed by atoms with Crippen LogP contribution in [0.2, 0.25) is 0 Å². The smallest absolute Gasteiger partial charge is 0.118 e. The third-order valence-electron chi connectivity index (χ3n) is 5.60. The predicted molar refractivity (Wildman–Crippen MR) is 79.8 cm³/mol. The first kappa shape index (κ1) is 15.3. The maximum absolute atomic E-state index is 6.53. The zero-order chi connectivity index (χ0) is 15.3. The Labute approximate surface area is 132 Å². The zero-order valence-corrected chi connectivity index (χ0v) is 13.8. The van der Waals surface area contributed by atoms with Crippen LogP contribution in [0.4, 0.5) is 0 Å². The van der Waals surface area contributed by atoms with Crippen molar-refractivity contribution in [2.75, 3.05) is 26.4 Å². The first-order valence-corrected chi connectivity index (χ1v) is 8.70. The van der Waals surface area contributed by atoms with E-state index in [-0.39, 0.29) is 17.8 Å². The summed E-state index contributed by atoms with van der Waals surface area (Å²) in [6.45, 7) is 9.70. The Balaban J connectivity index is 1.45. The van der Waals surface area contributed by atoms with E-state index in [9.17, 15) is 0 Å². The maximum Gasteiger partial charge on any atom is 0.118 e. The van der Waals surface area contributed by atoms with Gasteiger partial charge in [0, 0.05) is 0 Å². The summed E-state index contributed by atoms with van der Waals surface area (Å²) in [6, 6.07) is 0. The Morgan fingerprint density at radius 2 is 1.50 bits per heavy atom. The second-order valence-corrected chi connectivity index (χ2v) is 7.80. The Kier molecular flexibility index (Phi) is 3.98. The summed E-state index contributed by atoms with van der Waals surface area (Å²) in [5.41, 5.74) is -0.354. The van der Waals surface area contributed by atoms with Crippen molar-refractivity contribution in [2.24, 2.45) is 11.8 Å². The van der Waals surface area contributed by atoms with Crippen molar-refractivity contribution in [3.05, 3.63) is 0 Å². The quantitative estimate of drug-likeness (QED) is 0.671. The minimum atomic E-state index is -0.354. The van der Waals surface area contributed by atoms with Crippen LogP contribution >= 0.6 is 0 Å². The number of ether oxygens (including phenoxy) is 5. The molecular formula is C17H28O5. The normalized spacial score (nSPS) is 49.6. The number of hydrogen-bond acceptors (Lipinski definition) is 5. The molecule has 4 heterocycles. The molecule has 5 aliphatic rings. The second kappa shape index (κ2) is 5.71. The lowest BCUT2D eigenvalue weighted by molar-refractivity contribution is -0.305. The minimum absolute atomic E-state index is 0.107. The average Bonchev–Trinajstić information content (AvgIpc) is 3.36. The highest BCUT2D eigenvalue weighted by molar-refractivity contribution is 5.07. The first-order valence-electron chi connectivity index (χ1n) is 8.70. The van der Waals surface area contributed by atoms with Crippen LogP contribution in [-0.4, -0.2) is 62.5 Å². The first-order chi connectivity index (χ1) is 10.6. The van der Waals surface area contributed by atoms with Crippen LogP contribution in [0.25, 0.3) is 0 Å². The molecule has 5 fully saturated rings. The molecule has 0 aromatic carbocycles. The third-order valence-corrected chi connectivity index (χ3v) is 5.60. The molecular weight excluding hydrogens is 284 g/mol. The molecule has 0 amide bonds. The Morgan fingerprint density at radius 3 is 1.91 bits per heavy atom. The van der Waals surface area contributed by atoms with E-state index in [1.807, 2.05) is 0 Å². The maximum atomic E-state index is 6.53. The summed E-state index contributed by atoms with van der Waals surface area (Å²) >= 11 is 0. The molecule has 5 nitrogen and oxygen atoms in total. The van der Waals surface area contributed by atoms with E-state index in [4.69, 9.17) is 23.7 Å². The van der Waals surface area contributed by atoms with E-state index in [2.05, 4.69) is 20.8 Å². The van der Waals surface area contributed by atoms with E-state index >= 15 is 0 Å². The minimum Gasteiger partial charge on any atom is -0.372 e. The van der Waals surface area contributed by atoms with Crippen molar-refractivity contribution in [2.45, 2.75) is 69.7 Å². The Bertz CT molecular complexity index is 378. The fourth-order valence-electron chi connectivity index (χ4n) is 4.05. The molecule has 2 bridgehead atoms. The average molecular weight is 312 g/mol. The summed E-state index contributed by atoms with van der Waals surface area (Å²) in [7, 11) is 0. The number of epoxide rings is 2. The van der Waals surface area contributed by atoms with Gasteiger partial charge >= 0.3 is 0 Å². The molecule has 4 saturated heterocycles. The molecule has 5 rings (SSSR count). The van der Waals surface area contributed by atoms with Gasteiger partial charge in [-0.05, 0) is 31.6 Å². The highest BCUT2D eigenvalue weighted by Crippen LogP contribution is 2.49. The fourth-order valence-corrected chi connectivity index (χ4v) is 4.05. The van der Waals surface area contributed by atoms with Gasteiger partial charge in [0.15, 0.2) is 0 Å². The van der Waals surface area contributed by atoms with Gasteiger partial charge in [-0.15, -0.1) is 0 Å². The van der Waals surface area contributed by atoms with Crippen LogP contribution in [0.5, 0.6) is 0 Å². The number of fused-ring (bicyclic) bond motifs is 3.